The van der Waals surface area contributed by atoms with Gasteiger partial charge in [-0.05, 0) is 0 Å². The standard InChI is InChI=1S/C14H18N6O2S3/c1-7(2)11-17-15-9(21-11)5-23-13-19-20-14(25-13)24-6-10-16-18-12(22-10)8(3)4/h7-8H,5-6H2,1-4H3. The average Bonchev–Trinajstić information content (AvgIpc) is 3.30. The van der Waals surface area contributed by atoms with Gasteiger partial charge in [-0.25, -0.2) is 0 Å². The third kappa shape index (κ3) is 5.02. The van der Waals surface area contributed by atoms with E-state index in [-0.39, 0.29) is 11.8 Å². The Labute approximate surface area is 157 Å². The molecule has 3 aromatic heterocycles. The highest BCUT2D eigenvalue weighted by atomic mass is 32.2. The van der Waals surface area contributed by atoms with Crippen molar-refractivity contribution < 1.29 is 8.83 Å². The maximum Gasteiger partial charge on any atom is 0.226 e. The van der Waals surface area contributed by atoms with Crippen LogP contribution in [-0.2, 0) is 11.5 Å². The van der Waals surface area contributed by atoms with E-state index >= 15 is 0 Å². The molecule has 0 spiro atoms. The van der Waals surface area contributed by atoms with Crippen molar-refractivity contribution in [1.82, 2.24) is 30.6 Å². The molecule has 3 heterocycles. The van der Waals surface area contributed by atoms with Gasteiger partial charge in [0.25, 0.3) is 0 Å². The highest BCUT2D eigenvalue weighted by Crippen LogP contribution is 2.32. The first-order valence-electron chi connectivity index (χ1n) is 7.75. The molecule has 11 heteroatoms. The second kappa shape index (κ2) is 8.28. The van der Waals surface area contributed by atoms with Crippen LogP contribution in [0.3, 0.4) is 0 Å². The van der Waals surface area contributed by atoms with Gasteiger partial charge in [-0.1, -0.05) is 62.6 Å². The number of thioether (sulfide) groups is 2. The molecule has 0 amide bonds. The van der Waals surface area contributed by atoms with Crippen molar-refractivity contribution >= 4 is 34.9 Å². The Kier molecular flexibility index (Phi) is 6.07. The van der Waals surface area contributed by atoms with Crippen LogP contribution in [0.5, 0.6) is 0 Å². The molecule has 8 nitrogen and oxygen atoms in total. The summed E-state index contributed by atoms with van der Waals surface area (Å²) in [4.78, 5) is 0. The number of aromatic nitrogens is 6. The Hall–Kier alpha value is -1.46. The van der Waals surface area contributed by atoms with Crippen molar-refractivity contribution in [2.75, 3.05) is 0 Å². The predicted molar refractivity (Wildman–Crippen MR) is 95.8 cm³/mol. The molecule has 25 heavy (non-hydrogen) atoms. The monoisotopic (exact) mass is 398 g/mol. The fraction of sp³-hybridized carbons (Fsp3) is 0.571. The Balaban J connectivity index is 1.49. The van der Waals surface area contributed by atoms with Crippen molar-refractivity contribution in [1.29, 1.82) is 0 Å². The molecule has 0 atom stereocenters. The third-order valence-electron chi connectivity index (χ3n) is 2.98. The zero-order valence-electron chi connectivity index (χ0n) is 14.3. The Morgan fingerprint density at radius 3 is 1.52 bits per heavy atom. The summed E-state index contributed by atoms with van der Waals surface area (Å²) in [5.74, 6) is 4.15. The van der Waals surface area contributed by atoms with Crippen molar-refractivity contribution in [2.24, 2.45) is 0 Å². The summed E-state index contributed by atoms with van der Waals surface area (Å²) in [6.45, 7) is 8.08. The minimum Gasteiger partial charge on any atom is -0.424 e. The molecule has 0 aliphatic heterocycles. The molecule has 0 aliphatic carbocycles. The molecule has 134 valence electrons. The Morgan fingerprint density at radius 2 is 1.16 bits per heavy atom. The first-order chi connectivity index (χ1) is 12.0. The van der Waals surface area contributed by atoms with E-state index in [9.17, 15) is 0 Å². The zero-order valence-corrected chi connectivity index (χ0v) is 16.7. The summed E-state index contributed by atoms with van der Waals surface area (Å²) in [5.41, 5.74) is 0. The van der Waals surface area contributed by atoms with Crippen LogP contribution in [-0.4, -0.2) is 30.6 Å². The lowest BCUT2D eigenvalue weighted by Crippen LogP contribution is -1.85. The van der Waals surface area contributed by atoms with E-state index in [0.717, 1.165) is 8.68 Å². The lowest BCUT2D eigenvalue weighted by atomic mass is 10.2. The van der Waals surface area contributed by atoms with E-state index in [1.165, 1.54) is 34.9 Å². The first-order valence-corrected chi connectivity index (χ1v) is 10.5. The van der Waals surface area contributed by atoms with Crippen LogP contribution in [0.4, 0.5) is 0 Å². The van der Waals surface area contributed by atoms with Crippen LogP contribution < -0.4 is 0 Å². The number of nitrogens with zero attached hydrogens (tertiary/aromatic N) is 6. The van der Waals surface area contributed by atoms with Gasteiger partial charge in [-0.3, -0.25) is 0 Å². The molecular weight excluding hydrogens is 380 g/mol. The lowest BCUT2D eigenvalue weighted by molar-refractivity contribution is 0.445. The smallest absolute Gasteiger partial charge is 0.226 e. The van der Waals surface area contributed by atoms with E-state index in [0.29, 0.717) is 35.1 Å². The Bertz CT molecular complexity index is 748. The summed E-state index contributed by atoms with van der Waals surface area (Å²) in [7, 11) is 0. The minimum atomic E-state index is 0.233. The van der Waals surface area contributed by atoms with Crippen molar-refractivity contribution in [2.45, 2.75) is 59.7 Å². The summed E-state index contributed by atoms with van der Waals surface area (Å²) in [6, 6.07) is 0. The molecule has 3 rings (SSSR count). The average molecular weight is 399 g/mol. The lowest BCUT2D eigenvalue weighted by Gasteiger charge is -1.94. The molecule has 0 fully saturated rings. The van der Waals surface area contributed by atoms with Crippen LogP contribution in [0, 0.1) is 0 Å². The molecular formula is C14H18N6O2S3. The summed E-state index contributed by atoms with van der Waals surface area (Å²) in [5, 5.41) is 24.5. The minimum absolute atomic E-state index is 0.233. The second-order valence-corrected chi connectivity index (χ2v) is 9.21. The van der Waals surface area contributed by atoms with E-state index in [1.54, 1.807) is 0 Å². The van der Waals surface area contributed by atoms with Gasteiger partial charge in [0.05, 0.1) is 11.5 Å². The molecule has 0 bridgehead atoms. The molecule has 0 aromatic carbocycles. The van der Waals surface area contributed by atoms with Gasteiger partial charge in [0.1, 0.15) is 0 Å². The van der Waals surface area contributed by atoms with Crippen LogP contribution in [0.1, 0.15) is 63.1 Å². The SMILES string of the molecule is CC(C)c1nnc(CSc2nnc(SCc3nnc(C(C)C)o3)s2)o1. The topological polar surface area (TPSA) is 104 Å². The van der Waals surface area contributed by atoms with Gasteiger partial charge >= 0.3 is 0 Å². The van der Waals surface area contributed by atoms with Gasteiger partial charge in [-0.15, -0.1) is 30.6 Å². The van der Waals surface area contributed by atoms with Gasteiger partial charge in [0, 0.05) is 11.8 Å². The third-order valence-corrected chi connectivity index (χ3v) is 6.14. The van der Waals surface area contributed by atoms with Crippen LogP contribution in [0.2, 0.25) is 0 Å². The largest absolute Gasteiger partial charge is 0.424 e. The fourth-order valence-electron chi connectivity index (χ4n) is 1.68. The van der Waals surface area contributed by atoms with Gasteiger partial charge < -0.3 is 8.83 Å². The van der Waals surface area contributed by atoms with Crippen LogP contribution in [0.15, 0.2) is 17.5 Å². The van der Waals surface area contributed by atoms with Gasteiger partial charge in [0.15, 0.2) is 8.68 Å². The van der Waals surface area contributed by atoms with Crippen molar-refractivity contribution in [3.05, 3.63) is 23.6 Å². The summed E-state index contributed by atoms with van der Waals surface area (Å²) < 4.78 is 12.9. The predicted octanol–water partition coefficient (Wildman–Crippen LogP) is 4.14. The fourth-order valence-corrected chi connectivity index (χ4v) is 4.37. The Morgan fingerprint density at radius 1 is 0.720 bits per heavy atom. The molecule has 0 radical (unpaired) electrons. The van der Waals surface area contributed by atoms with Crippen LogP contribution in [0.25, 0.3) is 0 Å². The number of hydrogen-bond donors (Lipinski definition) is 0. The molecule has 0 unspecified atom stereocenters. The molecule has 3 aromatic rings. The van der Waals surface area contributed by atoms with E-state index in [1.807, 2.05) is 27.7 Å². The highest BCUT2D eigenvalue weighted by molar-refractivity contribution is 8.02. The molecule has 0 saturated carbocycles. The van der Waals surface area contributed by atoms with E-state index in [2.05, 4.69) is 30.6 Å². The highest BCUT2D eigenvalue weighted by Gasteiger charge is 2.13. The van der Waals surface area contributed by atoms with Gasteiger partial charge in [-0.2, -0.15) is 0 Å². The number of hydrogen-bond acceptors (Lipinski definition) is 11. The normalized spacial score (nSPS) is 11.8. The van der Waals surface area contributed by atoms with E-state index < -0.39 is 0 Å². The van der Waals surface area contributed by atoms with Crippen LogP contribution >= 0.6 is 34.9 Å². The zero-order chi connectivity index (χ0) is 17.8. The maximum atomic E-state index is 5.58. The molecule has 0 aliphatic rings. The van der Waals surface area contributed by atoms with Gasteiger partial charge in [0.2, 0.25) is 23.6 Å². The summed E-state index contributed by atoms with van der Waals surface area (Å²) >= 11 is 4.59. The van der Waals surface area contributed by atoms with E-state index in [4.69, 9.17) is 8.83 Å². The quantitative estimate of drug-likeness (QED) is 0.514. The summed E-state index contributed by atoms with van der Waals surface area (Å²) in [6.07, 6.45) is 0. The molecule has 0 N–H and O–H groups in total. The van der Waals surface area contributed by atoms with Crippen molar-refractivity contribution in [3.8, 4) is 0 Å². The maximum absolute atomic E-state index is 5.58. The second-order valence-electron chi connectivity index (χ2n) is 5.79. The molecule has 0 saturated heterocycles. The first kappa shape index (κ1) is 18.3. The number of rotatable bonds is 8. The van der Waals surface area contributed by atoms with Crippen molar-refractivity contribution in [3.63, 3.8) is 0 Å².